The van der Waals surface area contributed by atoms with Crippen molar-refractivity contribution < 1.29 is 24.2 Å². The van der Waals surface area contributed by atoms with Crippen molar-refractivity contribution in [1.82, 2.24) is 4.98 Å². The van der Waals surface area contributed by atoms with Crippen molar-refractivity contribution in [2.75, 3.05) is 11.7 Å². The van der Waals surface area contributed by atoms with E-state index in [0.29, 0.717) is 27.8 Å². The van der Waals surface area contributed by atoms with E-state index in [4.69, 9.17) is 9.47 Å². The third kappa shape index (κ3) is 3.07. The number of ketones is 1. The SMILES string of the molecule is O=C1C(=O)N(c2nc3ccccc3s2)[C@@H](c2ccc3c(c2)OCO3)C1=C(O)c1ccccc1. The number of fused-ring (bicyclic) bond motifs is 2. The van der Waals surface area contributed by atoms with E-state index in [1.54, 1.807) is 42.5 Å². The summed E-state index contributed by atoms with van der Waals surface area (Å²) in [5, 5.41) is 11.5. The molecule has 1 fully saturated rings. The summed E-state index contributed by atoms with van der Waals surface area (Å²) in [4.78, 5) is 32.5. The fraction of sp³-hybridized carbons (Fsp3) is 0.0800. The number of hydrogen-bond donors (Lipinski definition) is 1. The Morgan fingerprint density at radius 2 is 1.73 bits per heavy atom. The Balaban J connectivity index is 1.58. The summed E-state index contributed by atoms with van der Waals surface area (Å²) in [6.45, 7) is 0.0981. The third-order valence-electron chi connectivity index (χ3n) is 5.69. The van der Waals surface area contributed by atoms with Gasteiger partial charge in [-0.05, 0) is 29.8 Å². The average Bonchev–Trinajstić information content (AvgIpc) is 3.55. The lowest BCUT2D eigenvalue weighted by molar-refractivity contribution is -0.132. The number of aromatic nitrogens is 1. The van der Waals surface area contributed by atoms with Gasteiger partial charge >= 0.3 is 5.91 Å². The zero-order valence-corrected chi connectivity index (χ0v) is 17.9. The summed E-state index contributed by atoms with van der Waals surface area (Å²) in [6.07, 6.45) is 0. The Morgan fingerprint density at radius 3 is 2.55 bits per heavy atom. The number of anilines is 1. The summed E-state index contributed by atoms with van der Waals surface area (Å²) >= 11 is 1.32. The van der Waals surface area contributed by atoms with Gasteiger partial charge in [0.1, 0.15) is 5.76 Å². The molecule has 0 radical (unpaired) electrons. The number of Topliss-reactive ketones (excluding diaryl/α,β-unsaturated/α-hetero) is 1. The van der Waals surface area contributed by atoms with Gasteiger partial charge in [-0.1, -0.05) is 59.9 Å². The number of benzene rings is 3. The van der Waals surface area contributed by atoms with E-state index in [0.717, 1.165) is 10.2 Å². The molecule has 33 heavy (non-hydrogen) atoms. The largest absolute Gasteiger partial charge is 0.507 e. The van der Waals surface area contributed by atoms with E-state index in [2.05, 4.69) is 4.98 Å². The Labute approximate surface area is 192 Å². The van der Waals surface area contributed by atoms with Gasteiger partial charge in [-0.2, -0.15) is 0 Å². The summed E-state index contributed by atoms with van der Waals surface area (Å²) in [5.41, 5.74) is 1.79. The third-order valence-corrected chi connectivity index (χ3v) is 6.73. The number of thiazole rings is 1. The van der Waals surface area contributed by atoms with Gasteiger partial charge in [-0.25, -0.2) is 4.98 Å². The fourth-order valence-corrected chi connectivity index (χ4v) is 5.14. The second kappa shape index (κ2) is 7.46. The molecule has 1 amide bonds. The van der Waals surface area contributed by atoms with Crippen molar-refractivity contribution in [3.8, 4) is 11.5 Å². The normalized spacial score (nSPS) is 18.9. The van der Waals surface area contributed by atoms with Crippen LogP contribution in [0, 0.1) is 0 Å². The van der Waals surface area contributed by atoms with Crippen molar-refractivity contribution in [1.29, 1.82) is 0 Å². The minimum absolute atomic E-state index is 0.00400. The molecule has 6 rings (SSSR count). The summed E-state index contributed by atoms with van der Waals surface area (Å²) in [7, 11) is 0. The van der Waals surface area contributed by atoms with Crippen molar-refractivity contribution in [2.24, 2.45) is 0 Å². The zero-order chi connectivity index (χ0) is 22.5. The molecule has 3 aromatic carbocycles. The predicted molar refractivity (Wildman–Crippen MR) is 123 cm³/mol. The Hall–Kier alpha value is -4.17. The molecule has 1 saturated heterocycles. The van der Waals surface area contributed by atoms with Gasteiger partial charge in [0, 0.05) is 5.56 Å². The van der Waals surface area contributed by atoms with Gasteiger partial charge in [-0.3, -0.25) is 14.5 Å². The van der Waals surface area contributed by atoms with Gasteiger partial charge < -0.3 is 14.6 Å². The fourth-order valence-electron chi connectivity index (χ4n) is 4.14. The predicted octanol–water partition coefficient (Wildman–Crippen LogP) is 4.65. The van der Waals surface area contributed by atoms with Crippen LogP contribution in [0.4, 0.5) is 5.13 Å². The van der Waals surface area contributed by atoms with Crippen molar-refractivity contribution in [3.05, 3.63) is 89.5 Å². The van der Waals surface area contributed by atoms with Crippen LogP contribution in [-0.4, -0.2) is 28.6 Å². The molecule has 1 N–H and O–H groups in total. The Morgan fingerprint density at radius 1 is 0.970 bits per heavy atom. The molecule has 0 saturated carbocycles. The summed E-state index contributed by atoms with van der Waals surface area (Å²) in [6, 6.07) is 20.6. The first-order valence-electron chi connectivity index (χ1n) is 10.2. The van der Waals surface area contributed by atoms with Gasteiger partial charge in [0.05, 0.1) is 21.8 Å². The van der Waals surface area contributed by atoms with E-state index < -0.39 is 17.7 Å². The highest BCUT2D eigenvalue weighted by atomic mass is 32.1. The summed E-state index contributed by atoms with van der Waals surface area (Å²) in [5.74, 6) is -0.645. The van der Waals surface area contributed by atoms with Crippen LogP contribution >= 0.6 is 11.3 Å². The van der Waals surface area contributed by atoms with Crippen LogP contribution in [0.1, 0.15) is 17.2 Å². The van der Waals surface area contributed by atoms with Crippen molar-refractivity contribution in [2.45, 2.75) is 6.04 Å². The molecule has 8 heteroatoms. The van der Waals surface area contributed by atoms with E-state index in [1.165, 1.54) is 16.2 Å². The van der Waals surface area contributed by atoms with Crippen LogP contribution in [-0.2, 0) is 9.59 Å². The summed E-state index contributed by atoms with van der Waals surface area (Å²) < 4.78 is 11.8. The van der Waals surface area contributed by atoms with Gasteiger partial charge in [0.25, 0.3) is 5.78 Å². The number of carbonyl (C=O) groups is 2. The first-order chi connectivity index (χ1) is 16.1. The highest BCUT2D eigenvalue weighted by molar-refractivity contribution is 7.22. The maximum absolute atomic E-state index is 13.3. The number of para-hydroxylation sites is 1. The standard InChI is InChI=1S/C25H16N2O5S/c28-22(14-6-2-1-3-7-14)20-21(15-10-11-17-18(12-15)32-13-31-17)27(24(30)23(20)29)25-26-16-8-4-5-9-19(16)33-25/h1-12,21,28H,13H2/t21-/m0/s1. The molecular formula is C25H16N2O5S. The van der Waals surface area contributed by atoms with Gasteiger partial charge in [0.2, 0.25) is 6.79 Å². The maximum Gasteiger partial charge on any atom is 0.301 e. The zero-order valence-electron chi connectivity index (χ0n) is 17.1. The highest BCUT2D eigenvalue weighted by Gasteiger charge is 2.48. The topological polar surface area (TPSA) is 89.0 Å². The molecule has 0 spiro atoms. The molecular weight excluding hydrogens is 440 g/mol. The smallest absolute Gasteiger partial charge is 0.301 e. The van der Waals surface area contributed by atoms with Crippen LogP contribution in [0.15, 0.2) is 78.4 Å². The number of carbonyl (C=O) groups excluding carboxylic acids is 2. The molecule has 0 aliphatic carbocycles. The molecule has 7 nitrogen and oxygen atoms in total. The molecule has 162 valence electrons. The first-order valence-corrected chi connectivity index (χ1v) is 11.0. The van der Waals surface area contributed by atoms with Crippen LogP contribution in [0.25, 0.3) is 16.0 Å². The quantitative estimate of drug-likeness (QED) is 0.274. The minimum atomic E-state index is -0.875. The second-order valence-electron chi connectivity index (χ2n) is 7.61. The maximum atomic E-state index is 13.3. The van der Waals surface area contributed by atoms with Gasteiger partial charge in [-0.15, -0.1) is 0 Å². The Bertz CT molecular complexity index is 1430. The van der Waals surface area contributed by atoms with Gasteiger partial charge in [0.15, 0.2) is 16.6 Å². The second-order valence-corrected chi connectivity index (χ2v) is 8.62. The molecule has 1 atom stereocenters. The Kier molecular flexibility index (Phi) is 4.41. The molecule has 4 aromatic rings. The van der Waals surface area contributed by atoms with Crippen LogP contribution in [0.3, 0.4) is 0 Å². The van der Waals surface area contributed by atoms with Crippen LogP contribution in [0.5, 0.6) is 11.5 Å². The van der Waals surface area contributed by atoms with E-state index in [9.17, 15) is 14.7 Å². The molecule has 3 heterocycles. The molecule has 2 aliphatic rings. The lowest BCUT2D eigenvalue weighted by Gasteiger charge is -2.23. The number of ether oxygens (including phenoxy) is 2. The van der Waals surface area contributed by atoms with Crippen LogP contribution < -0.4 is 14.4 Å². The number of rotatable bonds is 3. The average molecular weight is 456 g/mol. The number of amides is 1. The molecule has 1 aromatic heterocycles. The monoisotopic (exact) mass is 456 g/mol. The lowest BCUT2D eigenvalue weighted by atomic mass is 9.95. The van der Waals surface area contributed by atoms with E-state index >= 15 is 0 Å². The van der Waals surface area contributed by atoms with Crippen LogP contribution in [0.2, 0.25) is 0 Å². The lowest BCUT2D eigenvalue weighted by Crippen LogP contribution is -2.29. The minimum Gasteiger partial charge on any atom is -0.507 e. The van der Waals surface area contributed by atoms with Crippen molar-refractivity contribution >= 4 is 44.1 Å². The van der Waals surface area contributed by atoms with E-state index in [-0.39, 0.29) is 18.1 Å². The highest BCUT2D eigenvalue weighted by Crippen LogP contribution is 2.46. The van der Waals surface area contributed by atoms with E-state index in [1.807, 2.05) is 30.3 Å². The number of hydrogen-bond acceptors (Lipinski definition) is 7. The number of nitrogens with zero attached hydrogens (tertiary/aromatic N) is 2. The molecule has 0 unspecified atom stereocenters. The first kappa shape index (κ1) is 19.5. The van der Waals surface area contributed by atoms with Crippen molar-refractivity contribution in [3.63, 3.8) is 0 Å². The number of aliphatic hydroxyl groups excluding tert-OH is 1. The molecule has 0 bridgehead atoms. The molecule has 2 aliphatic heterocycles. The number of aliphatic hydroxyl groups is 1.